The minimum atomic E-state index is -0.895. The van der Waals surface area contributed by atoms with E-state index in [1.807, 2.05) is 13.8 Å². The minimum Gasteiger partial charge on any atom is -0.464 e. The Hall–Kier alpha value is -2.41. The highest BCUT2D eigenvalue weighted by molar-refractivity contribution is 5.98. The van der Waals surface area contributed by atoms with Crippen molar-refractivity contribution in [2.24, 2.45) is 5.73 Å². The Morgan fingerprint density at radius 1 is 1.15 bits per heavy atom. The lowest BCUT2D eigenvalue weighted by atomic mass is 9.93. The van der Waals surface area contributed by atoms with Gasteiger partial charge in [0.15, 0.2) is 5.78 Å². The molecule has 0 saturated heterocycles. The molecule has 150 valence electrons. The number of aryl methyl sites for hydroxylation is 2. The normalized spacial score (nSPS) is 12.3. The van der Waals surface area contributed by atoms with Gasteiger partial charge in [0.05, 0.1) is 13.2 Å². The number of ether oxygens (including phenoxy) is 2. The number of benzene rings is 1. The summed E-state index contributed by atoms with van der Waals surface area (Å²) in [6.07, 6.45) is -0.460. The van der Waals surface area contributed by atoms with Crippen molar-refractivity contribution in [2.75, 3.05) is 13.2 Å². The molecule has 0 spiro atoms. The number of nitrogens with one attached hydrogen (secondary N) is 1. The summed E-state index contributed by atoms with van der Waals surface area (Å²) in [5, 5.41) is 2.59. The Labute approximate surface area is 160 Å². The van der Waals surface area contributed by atoms with Crippen molar-refractivity contribution < 1.29 is 23.9 Å². The van der Waals surface area contributed by atoms with E-state index in [4.69, 9.17) is 15.2 Å². The molecule has 7 heteroatoms. The number of carbonyl (C=O) groups is 3. The van der Waals surface area contributed by atoms with E-state index in [0.717, 1.165) is 16.7 Å². The van der Waals surface area contributed by atoms with Crippen LogP contribution in [0.1, 0.15) is 54.7 Å². The fourth-order valence-corrected chi connectivity index (χ4v) is 2.68. The van der Waals surface area contributed by atoms with Crippen molar-refractivity contribution in [2.45, 2.75) is 59.6 Å². The molecule has 1 aromatic rings. The highest BCUT2D eigenvalue weighted by Crippen LogP contribution is 2.20. The SMILES string of the molecule is CCOC(=O)[C@H](Cc1c(C)cc(C(=O)CN)cc1C)NC(=O)OC(C)(C)C. The maximum atomic E-state index is 12.3. The van der Waals surface area contributed by atoms with Crippen LogP contribution in [0.15, 0.2) is 12.1 Å². The molecule has 1 aromatic carbocycles. The van der Waals surface area contributed by atoms with Gasteiger partial charge in [-0.05, 0) is 70.4 Å². The summed E-state index contributed by atoms with van der Waals surface area (Å²) in [5.41, 5.74) is 7.82. The fraction of sp³-hybridized carbons (Fsp3) is 0.550. The maximum absolute atomic E-state index is 12.3. The Kier molecular flexibility index (Phi) is 7.97. The second kappa shape index (κ2) is 9.50. The molecule has 0 radical (unpaired) electrons. The van der Waals surface area contributed by atoms with E-state index < -0.39 is 23.7 Å². The van der Waals surface area contributed by atoms with Crippen LogP contribution >= 0.6 is 0 Å². The van der Waals surface area contributed by atoms with E-state index in [9.17, 15) is 14.4 Å². The lowest BCUT2D eigenvalue weighted by Gasteiger charge is -2.24. The molecule has 0 aliphatic rings. The van der Waals surface area contributed by atoms with Gasteiger partial charge >= 0.3 is 12.1 Å². The smallest absolute Gasteiger partial charge is 0.408 e. The Bertz CT molecular complexity index is 684. The van der Waals surface area contributed by atoms with Crippen LogP contribution in [0.4, 0.5) is 4.79 Å². The Morgan fingerprint density at radius 2 is 1.70 bits per heavy atom. The number of hydrogen-bond donors (Lipinski definition) is 2. The van der Waals surface area contributed by atoms with Gasteiger partial charge in [0.25, 0.3) is 0 Å². The maximum Gasteiger partial charge on any atom is 0.408 e. The minimum absolute atomic E-state index is 0.0656. The van der Waals surface area contributed by atoms with E-state index >= 15 is 0 Å². The van der Waals surface area contributed by atoms with E-state index in [1.54, 1.807) is 39.8 Å². The molecule has 0 aliphatic heterocycles. The monoisotopic (exact) mass is 378 g/mol. The van der Waals surface area contributed by atoms with Gasteiger partial charge in [0, 0.05) is 12.0 Å². The summed E-state index contributed by atoms with van der Waals surface area (Å²) in [4.78, 5) is 36.3. The molecule has 0 unspecified atom stereocenters. The molecule has 1 amide bonds. The van der Waals surface area contributed by atoms with Crippen LogP contribution in [0.5, 0.6) is 0 Å². The number of Topliss-reactive ketones (excluding diaryl/α,β-unsaturated/α-hetero) is 1. The standard InChI is InChI=1S/C20H30N2O5/c1-7-26-18(24)16(22-19(25)27-20(4,5)6)10-15-12(2)8-14(9-13(15)3)17(23)11-21/h8-9,16H,7,10-11,21H2,1-6H3,(H,22,25)/t16-/m0/s1. The number of nitrogens with two attached hydrogens (primary N) is 1. The van der Waals surface area contributed by atoms with Crippen molar-refractivity contribution in [3.63, 3.8) is 0 Å². The third-order valence-corrected chi connectivity index (χ3v) is 3.87. The molecule has 1 atom stereocenters. The van der Waals surface area contributed by atoms with E-state index in [2.05, 4.69) is 5.32 Å². The molecule has 0 fully saturated rings. The van der Waals surface area contributed by atoms with Crippen molar-refractivity contribution in [3.8, 4) is 0 Å². The highest BCUT2D eigenvalue weighted by atomic mass is 16.6. The van der Waals surface area contributed by atoms with Crippen LogP contribution in [0.3, 0.4) is 0 Å². The van der Waals surface area contributed by atoms with Crippen molar-refractivity contribution in [1.29, 1.82) is 0 Å². The average molecular weight is 378 g/mol. The Morgan fingerprint density at radius 3 is 2.15 bits per heavy atom. The summed E-state index contributed by atoms with van der Waals surface area (Å²) >= 11 is 0. The molecule has 0 aliphatic carbocycles. The number of carbonyl (C=O) groups excluding carboxylic acids is 3. The summed E-state index contributed by atoms with van der Waals surface area (Å²) < 4.78 is 10.3. The topological polar surface area (TPSA) is 108 Å². The second-order valence-electron chi connectivity index (χ2n) is 7.37. The summed E-state index contributed by atoms with van der Waals surface area (Å²) in [5.74, 6) is -0.689. The average Bonchev–Trinajstić information content (AvgIpc) is 2.54. The van der Waals surface area contributed by atoms with Gasteiger partial charge in [-0.1, -0.05) is 0 Å². The molecular formula is C20H30N2O5. The first-order valence-electron chi connectivity index (χ1n) is 8.98. The van der Waals surface area contributed by atoms with Crippen LogP contribution in [0, 0.1) is 13.8 Å². The van der Waals surface area contributed by atoms with E-state index in [0.29, 0.717) is 5.56 Å². The quantitative estimate of drug-likeness (QED) is 0.557. The van der Waals surface area contributed by atoms with Crippen molar-refractivity contribution >= 4 is 17.8 Å². The second-order valence-corrected chi connectivity index (χ2v) is 7.37. The number of rotatable bonds is 7. The number of hydrogen-bond acceptors (Lipinski definition) is 6. The largest absolute Gasteiger partial charge is 0.464 e. The molecule has 0 aromatic heterocycles. The van der Waals surface area contributed by atoms with Crippen LogP contribution in [0.25, 0.3) is 0 Å². The zero-order valence-electron chi connectivity index (χ0n) is 17.0. The van der Waals surface area contributed by atoms with Crippen LogP contribution in [-0.4, -0.2) is 42.6 Å². The zero-order chi connectivity index (χ0) is 20.8. The van der Waals surface area contributed by atoms with Gasteiger partial charge in [0.1, 0.15) is 11.6 Å². The zero-order valence-corrected chi connectivity index (χ0v) is 17.0. The predicted octanol–water partition coefficient (Wildman–Crippen LogP) is 2.44. The molecule has 0 heterocycles. The van der Waals surface area contributed by atoms with Crippen molar-refractivity contribution in [3.05, 3.63) is 34.4 Å². The van der Waals surface area contributed by atoms with Gasteiger partial charge < -0.3 is 20.5 Å². The summed E-state index contributed by atoms with van der Waals surface area (Å²) in [6, 6.07) is 2.59. The number of alkyl carbamates (subject to hydrolysis) is 1. The molecule has 7 nitrogen and oxygen atoms in total. The first-order chi connectivity index (χ1) is 12.5. The fourth-order valence-electron chi connectivity index (χ4n) is 2.68. The number of ketones is 1. The third-order valence-electron chi connectivity index (χ3n) is 3.87. The van der Waals surface area contributed by atoms with Gasteiger partial charge in [-0.15, -0.1) is 0 Å². The van der Waals surface area contributed by atoms with E-state index in [-0.39, 0.29) is 25.4 Å². The van der Waals surface area contributed by atoms with Gasteiger partial charge in [-0.25, -0.2) is 9.59 Å². The van der Waals surface area contributed by atoms with Gasteiger partial charge in [0.2, 0.25) is 0 Å². The molecule has 0 bridgehead atoms. The number of amides is 1. The summed E-state index contributed by atoms with van der Waals surface area (Å²) in [6.45, 7) is 10.8. The van der Waals surface area contributed by atoms with Crippen LogP contribution in [-0.2, 0) is 20.7 Å². The molecule has 0 saturated carbocycles. The Balaban J connectivity index is 3.10. The van der Waals surface area contributed by atoms with Crippen molar-refractivity contribution in [1.82, 2.24) is 5.32 Å². The lowest BCUT2D eigenvalue weighted by molar-refractivity contribution is -0.145. The predicted molar refractivity (Wildman–Crippen MR) is 103 cm³/mol. The van der Waals surface area contributed by atoms with Crippen LogP contribution in [0.2, 0.25) is 0 Å². The molecular weight excluding hydrogens is 348 g/mol. The third kappa shape index (κ3) is 7.02. The number of esters is 1. The summed E-state index contributed by atoms with van der Waals surface area (Å²) in [7, 11) is 0. The first kappa shape index (κ1) is 22.6. The highest BCUT2D eigenvalue weighted by Gasteiger charge is 2.27. The van der Waals surface area contributed by atoms with Gasteiger partial charge in [-0.3, -0.25) is 4.79 Å². The van der Waals surface area contributed by atoms with E-state index in [1.165, 1.54) is 0 Å². The lowest BCUT2D eigenvalue weighted by Crippen LogP contribution is -2.45. The van der Waals surface area contributed by atoms with Gasteiger partial charge in [-0.2, -0.15) is 0 Å². The first-order valence-corrected chi connectivity index (χ1v) is 8.98. The van der Waals surface area contributed by atoms with Crippen LogP contribution < -0.4 is 11.1 Å². The molecule has 3 N–H and O–H groups in total. The molecule has 27 heavy (non-hydrogen) atoms. The molecule has 1 rings (SSSR count).